The van der Waals surface area contributed by atoms with Crippen LogP contribution in [0.15, 0.2) is 23.1 Å². The van der Waals surface area contributed by atoms with Crippen molar-refractivity contribution in [2.24, 2.45) is 0 Å². The largest absolute Gasteiger partial charge is 0.243 e. The smallest absolute Gasteiger partial charge is 0.211 e. The summed E-state index contributed by atoms with van der Waals surface area (Å²) in [6, 6.07) is 2.34. The van der Waals surface area contributed by atoms with Crippen molar-refractivity contribution in [2.75, 3.05) is 6.54 Å². The predicted octanol–water partition coefficient (Wildman–Crippen LogP) is 2.04. The predicted molar refractivity (Wildman–Crippen MR) is 56.5 cm³/mol. The fourth-order valence-corrected chi connectivity index (χ4v) is 2.31. The quantitative estimate of drug-likeness (QED) is 0.812. The van der Waals surface area contributed by atoms with E-state index in [1.807, 2.05) is 6.92 Å². The lowest BCUT2D eigenvalue weighted by molar-refractivity contribution is 0.544. The van der Waals surface area contributed by atoms with Crippen molar-refractivity contribution >= 4 is 10.0 Å². The molecule has 0 saturated carbocycles. The number of hydrogen-bond donors (Lipinski definition) is 1. The first kappa shape index (κ1) is 13.1. The summed E-state index contributed by atoms with van der Waals surface area (Å²) in [5.74, 6) is -1.73. The number of benzene rings is 1. The molecular weight excluding hydrogens is 236 g/mol. The Kier molecular flexibility index (Phi) is 4.37. The Morgan fingerprint density at radius 2 is 2.00 bits per heavy atom. The summed E-state index contributed by atoms with van der Waals surface area (Å²) in [5, 5.41) is 0. The Hall–Kier alpha value is -1.01. The lowest BCUT2D eigenvalue weighted by Gasteiger charge is -2.06. The van der Waals surface area contributed by atoms with Gasteiger partial charge in [-0.1, -0.05) is 13.3 Å². The van der Waals surface area contributed by atoms with Crippen molar-refractivity contribution in [2.45, 2.75) is 24.7 Å². The van der Waals surface area contributed by atoms with Crippen LogP contribution in [-0.2, 0) is 10.0 Å². The average Bonchev–Trinajstić information content (AvgIpc) is 2.22. The van der Waals surface area contributed by atoms with Gasteiger partial charge in [-0.25, -0.2) is 21.9 Å². The summed E-state index contributed by atoms with van der Waals surface area (Å²) >= 11 is 0. The Morgan fingerprint density at radius 1 is 1.31 bits per heavy atom. The van der Waals surface area contributed by atoms with Gasteiger partial charge in [-0.2, -0.15) is 0 Å². The van der Waals surface area contributed by atoms with E-state index in [2.05, 4.69) is 4.72 Å². The summed E-state index contributed by atoms with van der Waals surface area (Å²) in [4.78, 5) is -0.649. The van der Waals surface area contributed by atoms with E-state index in [4.69, 9.17) is 0 Å². The second-order valence-corrected chi connectivity index (χ2v) is 5.06. The van der Waals surface area contributed by atoms with Crippen LogP contribution in [-0.4, -0.2) is 15.0 Å². The standard InChI is InChI=1S/C10H13F2NO2S/c1-2-3-6-13-16(14,15)10-7-8(11)4-5-9(10)12/h4-5,7,13H,2-3,6H2,1H3. The summed E-state index contributed by atoms with van der Waals surface area (Å²) in [5.41, 5.74) is 0. The molecule has 0 heterocycles. The van der Waals surface area contributed by atoms with Crippen molar-refractivity contribution < 1.29 is 17.2 Å². The van der Waals surface area contributed by atoms with Crippen LogP contribution in [0.3, 0.4) is 0 Å². The van der Waals surface area contributed by atoms with Crippen LogP contribution >= 0.6 is 0 Å². The van der Waals surface area contributed by atoms with Crippen molar-refractivity contribution in [1.29, 1.82) is 0 Å². The van der Waals surface area contributed by atoms with Crippen LogP contribution < -0.4 is 4.72 Å². The molecule has 1 aromatic carbocycles. The van der Waals surface area contributed by atoms with E-state index in [9.17, 15) is 17.2 Å². The number of rotatable bonds is 5. The third-order valence-electron chi connectivity index (χ3n) is 2.01. The molecule has 0 spiro atoms. The molecule has 0 amide bonds. The third kappa shape index (κ3) is 3.24. The molecule has 0 aromatic heterocycles. The second kappa shape index (κ2) is 5.36. The highest BCUT2D eigenvalue weighted by atomic mass is 32.2. The summed E-state index contributed by atoms with van der Waals surface area (Å²) in [7, 11) is -3.95. The van der Waals surface area contributed by atoms with E-state index in [0.29, 0.717) is 12.5 Å². The molecule has 0 unspecified atom stereocenters. The molecule has 0 saturated heterocycles. The first-order valence-corrected chi connectivity index (χ1v) is 6.40. The van der Waals surface area contributed by atoms with Crippen LogP contribution in [0, 0.1) is 11.6 Å². The lowest BCUT2D eigenvalue weighted by atomic mass is 10.3. The summed E-state index contributed by atoms with van der Waals surface area (Å²) in [6.45, 7) is 2.12. The van der Waals surface area contributed by atoms with E-state index >= 15 is 0 Å². The van der Waals surface area contributed by atoms with E-state index < -0.39 is 26.6 Å². The van der Waals surface area contributed by atoms with Gasteiger partial charge < -0.3 is 0 Å². The van der Waals surface area contributed by atoms with Gasteiger partial charge in [-0.3, -0.25) is 0 Å². The van der Waals surface area contributed by atoms with Crippen LogP contribution in [0.25, 0.3) is 0 Å². The van der Waals surface area contributed by atoms with Crippen molar-refractivity contribution in [3.63, 3.8) is 0 Å². The molecule has 0 fully saturated rings. The SMILES string of the molecule is CCCCNS(=O)(=O)c1cc(F)ccc1F. The van der Waals surface area contributed by atoms with Gasteiger partial charge in [0.1, 0.15) is 16.5 Å². The fraction of sp³-hybridized carbons (Fsp3) is 0.400. The molecule has 0 radical (unpaired) electrons. The highest BCUT2D eigenvalue weighted by Crippen LogP contribution is 2.15. The van der Waals surface area contributed by atoms with Gasteiger partial charge in [0.25, 0.3) is 0 Å². The molecule has 6 heteroatoms. The molecule has 1 aromatic rings. The minimum Gasteiger partial charge on any atom is -0.211 e. The number of nitrogens with one attached hydrogen (secondary N) is 1. The van der Waals surface area contributed by atoms with Gasteiger partial charge in [0.2, 0.25) is 10.0 Å². The third-order valence-corrected chi connectivity index (χ3v) is 3.48. The number of halogens is 2. The monoisotopic (exact) mass is 249 g/mol. The van der Waals surface area contributed by atoms with E-state index in [-0.39, 0.29) is 6.54 Å². The highest BCUT2D eigenvalue weighted by molar-refractivity contribution is 7.89. The maximum absolute atomic E-state index is 13.2. The van der Waals surface area contributed by atoms with Gasteiger partial charge in [-0.15, -0.1) is 0 Å². The van der Waals surface area contributed by atoms with Crippen molar-refractivity contribution in [3.8, 4) is 0 Å². The molecular formula is C10H13F2NO2S. The molecule has 90 valence electrons. The maximum Gasteiger partial charge on any atom is 0.243 e. The Balaban J connectivity index is 2.93. The van der Waals surface area contributed by atoms with E-state index in [0.717, 1.165) is 18.6 Å². The minimum atomic E-state index is -3.95. The van der Waals surface area contributed by atoms with Crippen molar-refractivity contribution in [3.05, 3.63) is 29.8 Å². The zero-order valence-electron chi connectivity index (χ0n) is 8.83. The maximum atomic E-state index is 13.2. The molecule has 0 aliphatic heterocycles. The van der Waals surface area contributed by atoms with Gasteiger partial charge in [0.15, 0.2) is 0 Å². The number of sulfonamides is 1. The molecule has 1 N–H and O–H groups in total. The normalized spacial score (nSPS) is 11.7. The Labute approximate surface area is 93.5 Å². The zero-order chi connectivity index (χ0) is 12.2. The molecule has 0 bridgehead atoms. The average molecular weight is 249 g/mol. The van der Waals surface area contributed by atoms with Crippen LogP contribution in [0.2, 0.25) is 0 Å². The second-order valence-electron chi connectivity index (χ2n) is 3.33. The Morgan fingerprint density at radius 3 is 2.62 bits per heavy atom. The molecule has 0 aliphatic carbocycles. The van der Waals surface area contributed by atoms with Gasteiger partial charge >= 0.3 is 0 Å². The van der Waals surface area contributed by atoms with Crippen LogP contribution in [0.4, 0.5) is 8.78 Å². The lowest BCUT2D eigenvalue weighted by Crippen LogP contribution is -2.25. The number of unbranched alkanes of at least 4 members (excludes halogenated alkanes) is 1. The van der Waals surface area contributed by atoms with E-state index in [1.165, 1.54) is 0 Å². The van der Waals surface area contributed by atoms with Gasteiger partial charge in [0, 0.05) is 6.54 Å². The van der Waals surface area contributed by atoms with Gasteiger partial charge in [-0.05, 0) is 24.6 Å². The summed E-state index contributed by atoms with van der Waals surface area (Å²) < 4.78 is 51.3. The van der Waals surface area contributed by atoms with Crippen LogP contribution in [0.1, 0.15) is 19.8 Å². The molecule has 0 atom stereocenters. The highest BCUT2D eigenvalue weighted by Gasteiger charge is 2.18. The topological polar surface area (TPSA) is 46.2 Å². The molecule has 1 rings (SSSR count). The van der Waals surface area contributed by atoms with Gasteiger partial charge in [0.05, 0.1) is 0 Å². The molecule has 3 nitrogen and oxygen atoms in total. The van der Waals surface area contributed by atoms with Crippen LogP contribution in [0.5, 0.6) is 0 Å². The fourth-order valence-electron chi connectivity index (χ4n) is 1.14. The summed E-state index contributed by atoms with van der Waals surface area (Å²) in [6.07, 6.45) is 1.46. The van der Waals surface area contributed by atoms with E-state index in [1.54, 1.807) is 0 Å². The minimum absolute atomic E-state index is 0.217. The van der Waals surface area contributed by atoms with Crippen molar-refractivity contribution in [1.82, 2.24) is 4.72 Å². The zero-order valence-corrected chi connectivity index (χ0v) is 9.65. The Bertz CT molecular complexity index is 460. The first-order chi connectivity index (χ1) is 7.47. The first-order valence-electron chi connectivity index (χ1n) is 4.92. The molecule has 16 heavy (non-hydrogen) atoms. The molecule has 0 aliphatic rings. The number of hydrogen-bond acceptors (Lipinski definition) is 2.